The molecule has 0 aromatic heterocycles. The molecule has 0 aliphatic heterocycles. The molecule has 0 heterocycles. The average Bonchev–Trinajstić information content (AvgIpc) is 2.79. The van der Waals surface area contributed by atoms with Crippen LogP contribution in [0.25, 0.3) is 11.1 Å². The molecule has 0 aliphatic rings. The molecule has 0 unspecified atom stereocenters. The van der Waals surface area contributed by atoms with Crippen LogP contribution in [0.1, 0.15) is 11.1 Å². The highest BCUT2D eigenvalue weighted by Gasteiger charge is 2.05. The highest BCUT2D eigenvalue weighted by Crippen LogP contribution is 2.30. The molecule has 148 valence electrons. The monoisotopic (exact) mass is 395 g/mol. The Bertz CT molecular complexity index is 1150. The zero-order valence-corrected chi connectivity index (χ0v) is 16.5. The third-order valence-corrected chi connectivity index (χ3v) is 4.43. The zero-order chi connectivity index (χ0) is 21.3. The van der Waals surface area contributed by atoms with E-state index >= 15 is 0 Å². The lowest BCUT2D eigenvalue weighted by molar-refractivity contribution is 0.448. The van der Waals surface area contributed by atoms with Crippen molar-refractivity contribution in [2.45, 2.75) is 6.92 Å². The van der Waals surface area contributed by atoms with Gasteiger partial charge in [0.05, 0.1) is 11.6 Å². The van der Waals surface area contributed by atoms with Crippen molar-refractivity contribution in [1.82, 2.24) is 0 Å². The van der Waals surface area contributed by atoms with E-state index in [0.717, 1.165) is 22.4 Å². The second-order valence-electron chi connectivity index (χ2n) is 6.52. The van der Waals surface area contributed by atoms with Gasteiger partial charge >= 0.3 is 0 Å². The van der Waals surface area contributed by atoms with Crippen molar-refractivity contribution in [2.24, 2.45) is 0 Å². The first-order chi connectivity index (χ1) is 14.6. The molecule has 4 heteroatoms. The van der Waals surface area contributed by atoms with Gasteiger partial charge in [0.2, 0.25) is 0 Å². The number of nitrogens with zero attached hydrogens (tertiary/aromatic N) is 1. The van der Waals surface area contributed by atoms with Gasteiger partial charge in [-0.2, -0.15) is 5.26 Å². The first-order valence-corrected chi connectivity index (χ1v) is 9.38. The minimum absolute atomic E-state index is 0.174. The highest BCUT2D eigenvalue weighted by molar-refractivity contribution is 5.71. The number of phenolic OH excluding ortho intramolecular Hbond substituents is 2. The van der Waals surface area contributed by atoms with E-state index in [0.29, 0.717) is 11.3 Å². The summed E-state index contributed by atoms with van der Waals surface area (Å²) in [6.45, 7) is 1.83. The van der Waals surface area contributed by atoms with Crippen molar-refractivity contribution in [2.75, 3.05) is 0 Å². The Labute approximate surface area is 175 Å². The molecule has 2 N–H and O–H groups in total. The van der Waals surface area contributed by atoms with Gasteiger partial charge in [-0.3, -0.25) is 0 Å². The van der Waals surface area contributed by atoms with Crippen molar-refractivity contribution in [3.63, 3.8) is 0 Å². The Morgan fingerprint density at radius 3 is 2.10 bits per heavy atom. The number of hydrogen-bond acceptors (Lipinski definition) is 4. The Kier molecular flexibility index (Phi) is 6.70. The van der Waals surface area contributed by atoms with E-state index < -0.39 is 0 Å². The maximum atomic E-state index is 9.50. The Balaban J connectivity index is 0.000000171. The van der Waals surface area contributed by atoms with Crippen molar-refractivity contribution < 1.29 is 14.9 Å². The fourth-order valence-electron chi connectivity index (χ4n) is 2.82. The topological polar surface area (TPSA) is 73.5 Å². The molecular formula is C26H21NO3. The maximum Gasteiger partial charge on any atom is 0.134 e. The van der Waals surface area contributed by atoms with E-state index in [1.807, 2.05) is 73.7 Å². The fraction of sp³-hybridized carbons (Fsp3) is 0.0385. The van der Waals surface area contributed by atoms with Crippen molar-refractivity contribution in [3.8, 4) is 40.2 Å². The van der Waals surface area contributed by atoms with Crippen LogP contribution in [0.2, 0.25) is 0 Å². The van der Waals surface area contributed by atoms with Gasteiger partial charge in [0.1, 0.15) is 23.0 Å². The highest BCUT2D eigenvalue weighted by atomic mass is 16.5. The van der Waals surface area contributed by atoms with Crippen LogP contribution in [0.3, 0.4) is 0 Å². The van der Waals surface area contributed by atoms with Crippen LogP contribution in [0, 0.1) is 18.3 Å². The lowest BCUT2D eigenvalue weighted by Crippen LogP contribution is -1.87. The zero-order valence-electron chi connectivity index (χ0n) is 16.5. The summed E-state index contributed by atoms with van der Waals surface area (Å²) in [4.78, 5) is 0. The molecule has 4 aromatic carbocycles. The van der Waals surface area contributed by atoms with Gasteiger partial charge in [-0.05, 0) is 55.0 Å². The van der Waals surface area contributed by atoms with Crippen molar-refractivity contribution in [1.29, 1.82) is 5.26 Å². The summed E-state index contributed by atoms with van der Waals surface area (Å²) >= 11 is 0. The molecule has 4 rings (SSSR count). The number of ether oxygens (including phenoxy) is 1. The largest absolute Gasteiger partial charge is 0.508 e. The lowest BCUT2D eigenvalue weighted by atomic mass is 10.0. The average molecular weight is 395 g/mol. The predicted molar refractivity (Wildman–Crippen MR) is 118 cm³/mol. The summed E-state index contributed by atoms with van der Waals surface area (Å²) in [7, 11) is 0. The van der Waals surface area contributed by atoms with Gasteiger partial charge < -0.3 is 14.9 Å². The summed E-state index contributed by atoms with van der Waals surface area (Å²) in [5.74, 6) is 1.88. The number of rotatable bonds is 3. The quantitative estimate of drug-likeness (QED) is 0.419. The van der Waals surface area contributed by atoms with E-state index in [2.05, 4.69) is 6.07 Å². The molecular weight excluding hydrogens is 374 g/mol. The number of benzene rings is 4. The maximum absolute atomic E-state index is 9.50. The Morgan fingerprint density at radius 2 is 1.43 bits per heavy atom. The smallest absolute Gasteiger partial charge is 0.134 e. The lowest BCUT2D eigenvalue weighted by Gasteiger charge is -2.09. The van der Waals surface area contributed by atoms with Crippen LogP contribution in [0.5, 0.6) is 23.0 Å². The fourth-order valence-corrected chi connectivity index (χ4v) is 2.82. The Hall–Kier alpha value is -4.23. The molecule has 0 bridgehead atoms. The van der Waals surface area contributed by atoms with Crippen LogP contribution in [0.4, 0.5) is 0 Å². The van der Waals surface area contributed by atoms with E-state index in [1.54, 1.807) is 24.3 Å². The summed E-state index contributed by atoms with van der Waals surface area (Å²) in [6.07, 6.45) is 0. The van der Waals surface area contributed by atoms with Crippen LogP contribution in [0.15, 0.2) is 97.1 Å². The third kappa shape index (κ3) is 5.18. The first kappa shape index (κ1) is 20.5. The summed E-state index contributed by atoms with van der Waals surface area (Å²) in [5.41, 5.74) is 3.02. The minimum atomic E-state index is 0.174. The number of hydrogen-bond donors (Lipinski definition) is 2. The number of para-hydroxylation sites is 1. The minimum Gasteiger partial charge on any atom is -0.508 e. The number of nitriles is 1. The molecule has 0 atom stereocenters. The van der Waals surface area contributed by atoms with Gasteiger partial charge in [-0.1, -0.05) is 54.6 Å². The van der Waals surface area contributed by atoms with Gasteiger partial charge in [0.25, 0.3) is 0 Å². The molecule has 30 heavy (non-hydrogen) atoms. The van der Waals surface area contributed by atoms with Crippen LogP contribution < -0.4 is 4.74 Å². The molecule has 0 fully saturated rings. The molecule has 4 nitrogen and oxygen atoms in total. The molecule has 0 amide bonds. The summed E-state index contributed by atoms with van der Waals surface area (Å²) in [5, 5.41) is 27.8. The number of aromatic hydroxyl groups is 2. The predicted octanol–water partition coefficient (Wildman–Crippen LogP) is 6.42. The standard InChI is InChI=1S/C13H9NO.C13H12O2/c14-9-11-6-7-12(15)8-13(11)10-4-2-1-3-5-10;1-10-12(14)8-5-9-13(10)15-11-6-3-2-4-7-11/h1-8,15H;2-9,14H,1H3. The molecule has 0 spiro atoms. The van der Waals surface area contributed by atoms with Gasteiger partial charge in [0, 0.05) is 11.1 Å². The molecule has 0 aliphatic carbocycles. The molecule has 4 aromatic rings. The van der Waals surface area contributed by atoms with Gasteiger partial charge in [-0.25, -0.2) is 0 Å². The van der Waals surface area contributed by atoms with E-state index in [-0.39, 0.29) is 11.5 Å². The first-order valence-electron chi connectivity index (χ1n) is 9.38. The molecule has 0 saturated carbocycles. The van der Waals surface area contributed by atoms with Crippen LogP contribution >= 0.6 is 0 Å². The molecule has 0 saturated heterocycles. The second kappa shape index (κ2) is 9.81. The third-order valence-electron chi connectivity index (χ3n) is 4.43. The normalized spacial score (nSPS) is 9.73. The van der Waals surface area contributed by atoms with E-state index in [1.165, 1.54) is 6.07 Å². The Morgan fingerprint density at radius 1 is 0.767 bits per heavy atom. The number of phenols is 2. The summed E-state index contributed by atoms with van der Waals surface area (Å²) < 4.78 is 5.63. The van der Waals surface area contributed by atoms with Crippen LogP contribution in [-0.4, -0.2) is 10.2 Å². The van der Waals surface area contributed by atoms with E-state index in [9.17, 15) is 10.2 Å². The SMILES string of the molecule is Cc1c(O)cccc1Oc1ccccc1.N#Cc1ccc(O)cc1-c1ccccc1. The van der Waals surface area contributed by atoms with Gasteiger partial charge in [0.15, 0.2) is 0 Å². The van der Waals surface area contributed by atoms with Crippen molar-refractivity contribution in [3.05, 3.63) is 108 Å². The van der Waals surface area contributed by atoms with Crippen molar-refractivity contribution >= 4 is 0 Å². The van der Waals surface area contributed by atoms with Gasteiger partial charge in [-0.15, -0.1) is 0 Å². The van der Waals surface area contributed by atoms with Crippen LogP contribution in [-0.2, 0) is 0 Å². The summed E-state index contributed by atoms with van der Waals surface area (Å²) in [6, 6.07) is 31.2. The van der Waals surface area contributed by atoms with E-state index in [4.69, 9.17) is 10.00 Å². The second-order valence-corrected chi connectivity index (χ2v) is 6.52. The molecule has 0 radical (unpaired) electrons.